The molecule has 2 rings (SSSR count). The lowest BCUT2D eigenvalue weighted by Gasteiger charge is -2.31. The molecule has 1 saturated carbocycles. The quantitative estimate of drug-likeness (QED) is 0.837. The van der Waals surface area contributed by atoms with E-state index in [0.717, 1.165) is 12.0 Å². The van der Waals surface area contributed by atoms with Crippen molar-refractivity contribution in [1.29, 1.82) is 0 Å². The summed E-state index contributed by atoms with van der Waals surface area (Å²) >= 11 is 0. The topological polar surface area (TPSA) is 30.0 Å². The Bertz CT molecular complexity index is 481. The number of aryl methyl sites for hydroxylation is 1. The van der Waals surface area contributed by atoms with Crippen LogP contribution in [-0.4, -0.2) is 16.9 Å². The van der Waals surface area contributed by atoms with Crippen molar-refractivity contribution < 1.29 is 18.0 Å². The molecule has 0 aromatic carbocycles. The predicted molar refractivity (Wildman–Crippen MR) is 73.8 cm³/mol. The van der Waals surface area contributed by atoms with Crippen molar-refractivity contribution in [1.82, 2.24) is 4.98 Å². The number of aromatic nitrogens is 1. The molecule has 0 aliphatic heterocycles. The molecule has 0 saturated heterocycles. The molecule has 2 nitrogen and oxygen atoms in total. The van der Waals surface area contributed by atoms with Gasteiger partial charge in [-0.15, -0.1) is 0 Å². The molecule has 1 aromatic rings. The molecule has 0 radical (unpaired) electrons. The molecule has 0 bridgehead atoms. The molecule has 0 N–H and O–H groups in total. The molecule has 1 heterocycles. The van der Waals surface area contributed by atoms with Gasteiger partial charge < -0.3 is 0 Å². The Morgan fingerprint density at radius 3 is 2.57 bits per heavy atom. The molecule has 1 aromatic heterocycles. The van der Waals surface area contributed by atoms with E-state index in [9.17, 15) is 18.0 Å². The molecule has 116 valence electrons. The monoisotopic (exact) mass is 299 g/mol. The van der Waals surface area contributed by atoms with E-state index in [0.29, 0.717) is 25.0 Å². The first-order chi connectivity index (χ1) is 9.91. The zero-order chi connectivity index (χ0) is 15.5. The molecule has 2 atom stereocenters. The molecule has 0 spiro atoms. The number of alkyl halides is 3. The number of rotatable bonds is 4. The van der Waals surface area contributed by atoms with Gasteiger partial charge in [0.2, 0.25) is 0 Å². The van der Waals surface area contributed by atoms with E-state index in [4.69, 9.17) is 0 Å². The van der Waals surface area contributed by atoms with Crippen LogP contribution in [0.15, 0.2) is 18.3 Å². The lowest BCUT2D eigenvalue weighted by molar-refractivity contribution is -0.197. The first-order valence-corrected chi connectivity index (χ1v) is 7.45. The van der Waals surface area contributed by atoms with Gasteiger partial charge in [0.1, 0.15) is 5.78 Å². The Hall–Kier alpha value is -1.39. The largest absolute Gasteiger partial charge is 0.392 e. The van der Waals surface area contributed by atoms with Gasteiger partial charge in [-0.25, -0.2) is 0 Å². The van der Waals surface area contributed by atoms with E-state index in [1.165, 1.54) is 0 Å². The molecule has 5 heteroatoms. The fourth-order valence-electron chi connectivity index (χ4n) is 2.99. The average molecular weight is 299 g/mol. The molecule has 1 aliphatic carbocycles. The first-order valence-electron chi connectivity index (χ1n) is 7.45. The normalized spacial score (nSPS) is 23.0. The summed E-state index contributed by atoms with van der Waals surface area (Å²) in [5, 5.41) is 0. The van der Waals surface area contributed by atoms with E-state index >= 15 is 0 Å². The number of carbonyl (C=O) groups is 1. The Labute approximate surface area is 122 Å². The van der Waals surface area contributed by atoms with Crippen LogP contribution in [0.3, 0.4) is 0 Å². The van der Waals surface area contributed by atoms with Crippen molar-refractivity contribution in [2.75, 3.05) is 0 Å². The van der Waals surface area contributed by atoms with Gasteiger partial charge in [-0.1, -0.05) is 25.8 Å². The third kappa shape index (κ3) is 4.05. The van der Waals surface area contributed by atoms with Crippen molar-refractivity contribution >= 4 is 5.78 Å². The van der Waals surface area contributed by atoms with Crippen molar-refractivity contribution in [3.05, 3.63) is 29.6 Å². The second-order valence-corrected chi connectivity index (χ2v) is 5.69. The van der Waals surface area contributed by atoms with Gasteiger partial charge in [0, 0.05) is 24.2 Å². The van der Waals surface area contributed by atoms with Crippen LogP contribution in [0.25, 0.3) is 0 Å². The standard InChI is InChI=1S/C16H20F3NO/c1-2-11-7-8-12(20-10-11)9-15(21)13-5-3-4-6-14(13)16(17,18)19/h7-8,10,13-14H,2-6,9H2,1H3. The fourth-order valence-corrected chi connectivity index (χ4v) is 2.99. The Morgan fingerprint density at radius 1 is 1.29 bits per heavy atom. The van der Waals surface area contributed by atoms with Crippen LogP contribution in [0.4, 0.5) is 13.2 Å². The van der Waals surface area contributed by atoms with Crippen molar-refractivity contribution in [3.8, 4) is 0 Å². The van der Waals surface area contributed by atoms with E-state index in [1.807, 2.05) is 13.0 Å². The van der Waals surface area contributed by atoms with Crippen LogP contribution in [0.2, 0.25) is 0 Å². The van der Waals surface area contributed by atoms with Crippen LogP contribution in [-0.2, 0) is 17.6 Å². The maximum Gasteiger partial charge on any atom is 0.392 e. The third-order valence-corrected chi connectivity index (χ3v) is 4.25. The minimum Gasteiger partial charge on any atom is -0.299 e. The Kier molecular flexibility index (Phi) is 5.01. The van der Waals surface area contributed by atoms with Crippen molar-refractivity contribution in [2.45, 2.75) is 51.6 Å². The summed E-state index contributed by atoms with van der Waals surface area (Å²) in [5.74, 6) is -2.70. The molecular formula is C16H20F3NO. The predicted octanol–water partition coefficient (Wildman–Crippen LogP) is 4.12. The van der Waals surface area contributed by atoms with Crippen LogP contribution >= 0.6 is 0 Å². The lowest BCUT2D eigenvalue weighted by atomic mass is 9.75. The Morgan fingerprint density at radius 2 is 2.00 bits per heavy atom. The second kappa shape index (κ2) is 6.58. The van der Waals surface area contributed by atoms with Crippen LogP contribution in [0, 0.1) is 11.8 Å². The summed E-state index contributed by atoms with van der Waals surface area (Å²) in [6.45, 7) is 2.00. The summed E-state index contributed by atoms with van der Waals surface area (Å²) in [4.78, 5) is 16.4. The van der Waals surface area contributed by atoms with Gasteiger partial charge in [-0.2, -0.15) is 13.2 Å². The molecule has 1 aliphatic rings. The van der Waals surface area contributed by atoms with Crippen LogP contribution in [0.1, 0.15) is 43.9 Å². The van der Waals surface area contributed by atoms with Gasteiger partial charge in [0.05, 0.1) is 5.92 Å². The molecule has 1 fully saturated rings. The summed E-state index contributed by atoms with van der Waals surface area (Å²) in [5.41, 5.74) is 1.61. The van der Waals surface area contributed by atoms with Crippen molar-refractivity contribution in [3.63, 3.8) is 0 Å². The highest BCUT2D eigenvalue weighted by Gasteiger charge is 2.47. The number of carbonyl (C=O) groups excluding carboxylic acids is 1. The highest BCUT2D eigenvalue weighted by molar-refractivity contribution is 5.83. The minimum atomic E-state index is -4.28. The number of halogens is 3. The zero-order valence-electron chi connectivity index (χ0n) is 12.1. The smallest absolute Gasteiger partial charge is 0.299 e. The molecule has 2 unspecified atom stereocenters. The van der Waals surface area contributed by atoms with Gasteiger partial charge in [0.15, 0.2) is 0 Å². The maximum absolute atomic E-state index is 13.0. The van der Waals surface area contributed by atoms with Gasteiger partial charge in [0.25, 0.3) is 0 Å². The summed E-state index contributed by atoms with van der Waals surface area (Å²) < 4.78 is 39.1. The summed E-state index contributed by atoms with van der Waals surface area (Å²) in [6, 6.07) is 3.61. The van der Waals surface area contributed by atoms with E-state index in [-0.39, 0.29) is 18.6 Å². The summed E-state index contributed by atoms with van der Waals surface area (Å²) in [6.07, 6.45) is -0.0764. The van der Waals surface area contributed by atoms with Gasteiger partial charge >= 0.3 is 6.18 Å². The molecule has 21 heavy (non-hydrogen) atoms. The second-order valence-electron chi connectivity index (χ2n) is 5.69. The first kappa shape index (κ1) is 16.0. The number of Topliss-reactive ketones (excluding diaryl/α,β-unsaturated/α-hetero) is 1. The minimum absolute atomic E-state index is 0.00123. The maximum atomic E-state index is 13.0. The number of pyridine rings is 1. The van der Waals surface area contributed by atoms with Crippen LogP contribution < -0.4 is 0 Å². The number of nitrogens with zero attached hydrogens (tertiary/aromatic N) is 1. The lowest BCUT2D eigenvalue weighted by Crippen LogP contribution is -2.37. The van der Waals surface area contributed by atoms with Gasteiger partial charge in [-0.05, 0) is 30.9 Å². The SMILES string of the molecule is CCc1ccc(CC(=O)C2CCCCC2C(F)(F)F)nc1. The molecule has 0 amide bonds. The van der Waals surface area contributed by atoms with Gasteiger partial charge in [-0.3, -0.25) is 9.78 Å². The highest BCUT2D eigenvalue weighted by atomic mass is 19.4. The van der Waals surface area contributed by atoms with Crippen LogP contribution in [0.5, 0.6) is 0 Å². The zero-order valence-corrected chi connectivity index (χ0v) is 12.1. The average Bonchev–Trinajstić information content (AvgIpc) is 2.47. The van der Waals surface area contributed by atoms with Crippen molar-refractivity contribution in [2.24, 2.45) is 11.8 Å². The highest BCUT2D eigenvalue weighted by Crippen LogP contribution is 2.42. The number of hydrogen-bond donors (Lipinski definition) is 0. The third-order valence-electron chi connectivity index (χ3n) is 4.25. The summed E-state index contributed by atoms with van der Waals surface area (Å²) in [7, 11) is 0. The number of hydrogen-bond acceptors (Lipinski definition) is 2. The van der Waals surface area contributed by atoms with E-state index in [2.05, 4.69) is 4.98 Å². The number of ketones is 1. The van der Waals surface area contributed by atoms with E-state index < -0.39 is 18.0 Å². The molecular weight excluding hydrogens is 279 g/mol. The fraction of sp³-hybridized carbons (Fsp3) is 0.625. The van der Waals surface area contributed by atoms with E-state index in [1.54, 1.807) is 12.3 Å². The Balaban J connectivity index is 2.06.